The summed E-state index contributed by atoms with van der Waals surface area (Å²) >= 11 is 3.07. The summed E-state index contributed by atoms with van der Waals surface area (Å²) in [6, 6.07) is 2.66. The zero-order chi connectivity index (χ0) is 9.14. The minimum Gasteiger partial charge on any atom is -0.390 e. The van der Waals surface area contributed by atoms with Gasteiger partial charge in [0.2, 0.25) is 0 Å². The zero-order valence-electron chi connectivity index (χ0n) is 5.97. The predicted molar refractivity (Wildman–Crippen MR) is 42.8 cm³/mol. The van der Waals surface area contributed by atoms with Crippen LogP contribution < -0.4 is 0 Å². The normalized spacial score (nSPS) is 10.8. The molecule has 0 aliphatic rings. The smallest absolute Gasteiger partial charge is 0.280 e. The van der Waals surface area contributed by atoms with Crippen LogP contribution in [-0.2, 0) is 6.61 Å². The second kappa shape index (κ2) is 3.91. The first kappa shape index (κ1) is 9.54. The predicted octanol–water partition coefficient (Wildman–Crippen LogP) is 2.27. The Kier molecular flexibility index (Phi) is 3.11. The summed E-state index contributed by atoms with van der Waals surface area (Å²) in [7, 11) is 0. The van der Waals surface area contributed by atoms with Crippen LogP contribution in [0.1, 0.15) is 17.8 Å². The van der Waals surface area contributed by atoms with E-state index >= 15 is 0 Å². The number of rotatable bonds is 2. The Bertz CT molecular complexity index is 280. The van der Waals surface area contributed by atoms with Crippen molar-refractivity contribution in [3.63, 3.8) is 0 Å². The van der Waals surface area contributed by atoms with Crippen LogP contribution in [0.15, 0.2) is 16.6 Å². The molecule has 1 N–H and O–H groups in total. The van der Waals surface area contributed by atoms with E-state index in [2.05, 4.69) is 20.9 Å². The van der Waals surface area contributed by atoms with E-state index in [1.807, 2.05) is 0 Å². The van der Waals surface area contributed by atoms with Crippen molar-refractivity contribution in [3.05, 3.63) is 28.0 Å². The molecule has 0 aliphatic carbocycles. The van der Waals surface area contributed by atoms with Crippen molar-refractivity contribution in [1.29, 1.82) is 0 Å². The maximum atomic E-state index is 12.1. The fourth-order valence-electron chi connectivity index (χ4n) is 0.734. The molecule has 0 aliphatic heterocycles. The molecule has 0 spiro atoms. The van der Waals surface area contributed by atoms with Gasteiger partial charge in [-0.3, -0.25) is 0 Å². The van der Waals surface area contributed by atoms with Gasteiger partial charge in [-0.05, 0) is 28.1 Å². The van der Waals surface area contributed by atoms with Gasteiger partial charge in [-0.2, -0.15) is 0 Å². The van der Waals surface area contributed by atoms with Crippen LogP contribution in [0.25, 0.3) is 0 Å². The van der Waals surface area contributed by atoms with Crippen LogP contribution in [-0.4, -0.2) is 10.1 Å². The molecule has 1 aromatic rings. The van der Waals surface area contributed by atoms with Crippen molar-refractivity contribution in [2.45, 2.75) is 13.0 Å². The molecular formula is C7H6BrF2NO. The third kappa shape index (κ3) is 1.98. The molecule has 0 atom stereocenters. The molecule has 5 heteroatoms. The number of hydrogen-bond acceptors (Lipinski definition) is 2. The van der Waals surface area contributed by atoms with Crippen molar-refractivity contribution < 1.29 is 13.9 Å². The molecule has 0 saturated heterocycles. The van der Waals surface area contributed by atoms with E-state index in [0.717, 1.165) is 0 Å². The van der Waals surface area contributed by atoms with Crippen molar-refractivity contribution >= 4 is 15.9 Å². The summed E-state index contributed by atoms with van der Waals surface area (Å²) in [5.41, 5.74) is -0.0879. The van der Waals surface area contributed by atoms with E-state index in [-0.39, 0.29) is 18.0 Å². The van der Waals surface area contributed by atoms with Gasteiger partial charge in [0, 0.05) is 4.47 Å². The molecule has 0 bridgehead atoms. The summed E-state index contributed by atoms with van der Waals surface area (Å²) < 4.78 is 24.6. The highest BCUT2D eigenvalue weighted by Gasteiger charge is 2.10. The van der Waals surface area contributed by atoms with E-state index in [0.29, 0.717) is 4.47 Å². The Balaban J connectivity index is 3.05. The SMILES string of the molecule is OCc1nc(C(F)F)ccc1Br. The van der Waals surface area contributed by atoms with E-state index in [1.165, 1.54) is 12.1 Å². The number of aliphatic hydroxyl groups is 1. The maximum absolute atomic E-state index is 12.1. The molecule has 1 heterocycles. The lowest BCUT2D eigenvalue weighted by Crippen LogP contribution is -1.96. The number of alkyl halides is 2. The second-order valence-electron chi connectivity index (χ2n) is 2.12. The van der Waals surface area contributed by atoms with Crippen LogP contribution >= 0.6 is 15.9 Å². The molecule has 2 nitrogen and oxygen atoms in total. The van der Waals surface area contributed by atoms with Gasteiger partial charge in [0.1, 0.15) is 5.69 Å². The third-order valence-corrected chi connectivity index (χ3v) is 2.04. The zero-order valence-corrected chi connectivity index (χ0v) is 7.55. The fraction of sp³-hybridized carbons (Fsp3) is 0.286. The Hall–Kier alpha value is -0.550. The molecule has 0 unspecified atom stereocenters. The number of halogens is 3. The van der Waals surface area contributed by atoms with Crippen LogP contribution in [0.5, 0.6) is 0 Å². The highest BCUT2D eigenvalue weighted by molar-refractivity contribution is 9.10. The molecule has 0 amide bonds. The average molecular weight is 238 g/mol. The van der Waals surface area contributed by atoms with Gasteiger partial charge in [0.25, 0.3) is 6.43 Å². The van der Waals surface area contributed by atoms with Gasteiger partial charge >= 0.3 is 0 Å². The van der Waals surface area contributed by atoms with Gasteiger partial charge in [0.15, 0.2) is 0 Å². The van der Waals surface area contributed by atoms with E-state index in [4.69, 9.17) is 5.11 Å². The lowest BCUT2D eigenvalue weighted by atomic mass is 10.3. The minimum absolute atomic E-state index is 0.229. The van der Waals surface area contributed by atoms with Gasteiger partial charge in [-0.1, -0.05) is 0 Å². The van der Waals surface area contributed by atoms with E-state index in [1.54, 1.807) is 0 Å². The molecule has 12 heavy (non-hydrogen) atoms. The third-order valence-electron chi connectivity index (χ3n) is 1.31. The van der Waals surface area contributed by atoms with Crippen LogP contribution in [0.4, 0.5) is 8.78 Å². The molecule has 66 valence electrons. The summed E-state index contributed by atoms with van der Waals surface area (Å²) in [5.74, 6) is 0. The summed E-state index contributed by atoms with van der Waals surface area (Å²) in [6.45, 7) is -0.346. The lowest BCUT2D eigenvalue weighted by Gasteiger charge is -2.02. The highest BCUT2D eigenvalue weighted by Crippen LogP contribution is 2.21. The number of aromatic nitrogens is 1. The standard InChI is InChI=1S/C7H6BrF2NO/c8-4-1-2-5(7(9)10)11-6(4)3-12/h1-2,7,12H,3H2. The maximum Gasteiger partial charge on any atom is 0.280 e. The quantitative estimate of drug-likeness (QED) is 0.857. The van der Waals surface area contributed by atoms with Crippen molar-refractivity contribution in [2.24, 2.45) is 0 Å². The summed E-state index contributed by atoms with van der Waals surface area (Å²) in [5, 5.41) is 8.69. The first-order chi connectivity index (χ1) is 5.65. The Labute approximate surface area is 76.4 Å². The topological polar surface area (TPSA) is 33.1 Å². The van der Waals surface area contributed by atoms with Gasteiger partial charge in [-0.15, -0.1) is 0 Å². The Morgan fingerprint density at radius 2 is 2.17 bits per heavy atom. The number of nitrogens with zero attached hydrogens (tertiary/aromatic N) is 1. The molecule has 0 fully saturated rings. The molecule has 0 saturated carbocycles. The summed E-state index contributed by atoms with van der Waals surface area (Å²) in [6.07, 6.45) is -2.59. The van der Waals surface area contributed by atoms with Crippen molar-refractivity contribution in [1.82, 2.24) is 4.98 Å². The van der Waals surface area contributed by atoms with Gasteiger partial charge < -0.3 is 5.11 Å². The van der Waals surface area contributed by atoms with Gasteiger partial charge in [-0.25, -0.2) is 13.8 Å². The van der Waals surface area contributed by atoms with E-state index in [9.17, 15) is 8.78 Å². The number of pyridine rings is 1. The monoisotopic (exact) mass is 237 g/mol. The molecular weight excluding hydrogens is 232 g/mol. The Morgan fingerprint density at radius 1 is 1.50 bits per heavy atom. The van der Waals surface area contributed by atoms with E-state index < -0.39 is 6.43 Å². The van der Waals surface area contributed by atoms with Crippen molar-refractivity contribution in [2.75, 3.05) is 0 Å². The average Bonchev–Trinajstić information content (AvgIpc) is 2.05. The first-order valence-electron chi connectivity index (χ1n) is 3.19. The molecule has 0 radical (unpaired) electrons. The largest absolute Gasteiger partial charge is 0.390 e. The fourth-order valence-corrected chi connectivity index (χ4v) is 1.08. The minimum atomic E-state index is -2.59. The second-order valence-corrected chi connectivity index (χ2v) is 2.98. The first-order valence-corrected chi connectivity index (χ1v) is 3.98. The molecule has 0 aromatic carbocycles. The Morgan fingerprint density at radius 3 is 2.67 bits per heavy atom. The van der Waals surface area contributed by atoms with Crippen LogP contribution in [0.3, 0.4) is 0 Å². The van der Waals surface area contributed by atoms with Crippen LogP contribution in [0, 0.1) is 0 Å². The molecule has 1 aromatic heterocycles. The lowest BCUT2D eigenvalue weighted by molar-refractivity contribution is 0.145. The van der Waals surface area contributed by atoms with Crippen molar-refractivity contribution in [3.8, 4) is 0 Å². The highest BCUT2D eigenvalue weighted by atomic mass is 79.9. The van der Waals surface area contributed by atoms with Gasteiger partial charge in [0.05, 0.1) is 12.3 Å². The molecule has 1 rings (SSSR count). The number of aliphatic hydroxyl groups excluding tert-OH is 1. The number of hydrogen-bond donors (Lipinski definition) is 1. The summed E-state index contributed by atoms with van der Waals surface area (Å²) in [4.78, 5) is 3.54. The van der Waals surface area contributed by atoms with Crippen LogP contribution in [0.2, 0.25) is 0 Å².